The molecule has 0 spiro atoms. The summed E-state index contributed by atoms with van der Waals surface area (Å²) in [5, 5.41) is 4.30. The zero-order valence-corrected chi connectivity index (χ0v) is 13.1. The van der Waals surface area contributed by atoms with Gasteiger partial charge in [0.15, 0.2) is 0 Å². The van der Waals surface area contributed by atoms with Gasteiger partial charge in [0.25, 0.3) is 0 Å². The summed E-state index contributed by atoms with van der Waals surface area (Å²) in [5.41, 5.74) is 0.745. The highest BCUT2D eigenvalue weighted by atomic mass is 35.5. The van der Waals surface area contributed by atoms with Crippen LogP contribution in [-0.2, 0) is 4.84 Å². The van der Waals surface area contributed by atoms with Crippen molar-refractivity contribution in [2.75, 3.05) is 0 Å². The van der Waals surface area contributed by atoms with Gasteiger partial charge < -0.3 is 4.84 Å². The van der Waals surface area contributed by atoms with Gasteiger partial charge in [-0.25, -0.2) is 4.79 Å². The number of aryl methyl sites for hydroxylation is 1. The third-order valence-electron chi connectivity index (χ3n) is 2.53. The van der Waals surface area contributed by atoms with Crippen LogP contribution in [0.4, 0.5) is 0 Å². The van der Waals surface area contributed by atoms with Crippen molar-refractivity contribution in [3.05, 3.63) is 55.7 Å². The molecule has 0 atom stereocenters. The van der Waals surface area contributed by atoms with Gasteiger partial charge in [-0.3, -0.25) is 0 Å². The smallest absolute Gasteiger partial charge is 0.312 e. The fourth-order valence-corrected chi connectivity index (χ4v) is 2.88. The first-order valence-electron chi connectivity index (χ1n) is 5.76. The van der Waals surface area contributed by atoms with E-state index in [4.69, 9.17) is 28.0 Å². The van der Waals surface area contributed by atoms with Crippen molar-refractivity contribution in [1.82, 2.24) is 0 Å². The fourth-order valence-electron chi connectivity index (χ4n) is 1.52. The Balaban J connectivity index is 2.16. The maximum absolute atomic E-state index is 11.9. The number of thiophene rings is 1. The fraction of sp³-hybridized carbons (Fsp3) is 0.143. The van der Waals surface area contributed by atoms with E-state index < -0.39 is 5.97 Å². The van der Waals surface area contributed by atoms with Gasteiger partial charge in [0.05, 0.1) is 26.2 Å². The summed E-state index contributed by atoms with van der Waals surface area (Å²) in [7, 11) is 0. The van der Waals surface area contributed by atoms with Gasteiger partial charge in [0, 0.05) is 4.88 Å². The second-order valence-electron chi connectivity index (χ2n) is 4.06. The molecule has 1 aromatic carbocycles. The molecule has 1 heterocycles. The lowest BCUT2D eigenvalue weighted by molar-refractivity contribution is 0.0517. The number of rotatable bonds is 3. The summed E-state index contributed by atoms with van der Waals surface area (Å²) in [6, 6.07) is 8.71. The van der Waals surface area contributed by atoms with Crippen molar-refractivity contribution in [3.8, 4) is 0 Å². The second kappa shape index (κ2) is 6.39. The largest absolute Gasteiger partial charge is 0.368 e. The van der Waals surface area contributed by atoms with E-state index in [0.29, 0.717) is 5.71 Å². The van der Waals surface area contributed by atoms with Crippen LogP contribution in [0, 0.1) is 6.92 Å². The van der Waals surface area contributed by atoms with E-state index in [1.165, 1.54) is 0 Å². The minimum atomic E-state index is -0.673. The predicted octanol–water partition coefficient (Wildman–Crippen LogP) is 4.94. The van der Waals surface area contributed by atoms with Crippen molar-refractivity contribution < 1.29 is 9.63 Å². The van der Waals surface area contributed by atoms with E-state index in [2.05, 4.69) is 5.16 Å². The molecule has 104 valence electrons. The zero-order valence-electron chi connectivity index (χ0n) is 10.8. The summed E-state index contributed by atoms with van der Waals surface area (Å²) in [6.45, 7) is 3.77. The Morgan fingerprint density at radius 1 is 1.20 bits per heavy atom. The lowest BCUT2D eigenvalue weighted by Crippen LogP contribution is -2.04. The van der Waals surface area contributed by atoms with Gasteiger partial charge in [0.2, 0.25) is 0 Å². The van der Waals surface area contributed by atoms with Crippen molar-refractivity contribution in [2.24, 2.45) is 5.16 Å². The number of oxime groups is 1. The predicted molar refractivity (Wildman–Crippen MR) is 83.1 cm³/mol. The Morgan fingerprint density at radius 3 is 2.40 bits per heavy atom. The molecule has 2 aromatic rings. The molecule has 6 heteroatoms. The van der Waals surface area contributed by atoms with E-state index in [9.17, 15) is 4.79 Å². The van der Waals surface area contributed by atoms with Crippen LogP contribution < -0.4 is 0 Å². The highest BCUT2D eigenvalue weighted by Crippen LogP contribution is 2.25. The van der Waals surface area contributed by atoms with Crippen molar-refractivity contribution in [1.29, 1.82) is 0 Å². The molecule has 3 nitrogen and oxygen atoms in total. The first-order valence-corrected chi connectivity index (χ1v) is 7.33. The van der Waals surface area contributed by atoms with Gasteiger partial charge in [-0.1, -0.05) is 34.4 Å². The maximum Gasteiger partial charge on any atom is 0.368 e. The van der Waals surface area contributed by atoms with Crippen molar-refractivity contribution >= 4 is 46.2 Å². The third-order valence-corrected chi connectivity index (χ3v) is 4.27. The van der Waals surface area contributed by atoms with Crippen molar-refractivity contribution in [2.45, 2.75) is 13.8 Å². The monoisotopic (exact) mass is 327 g/mol. The maximum atomic E-state index is 11.9. The molecule has 1 aromatic heterocycles. The molecule has 0 saturated heterocycles. The Kier molecular flexibility index (Phi) is 4.81. The quantitative estimate of drug-likeness (QED) is 0.454. The molecule has 20 heavy (non-hydrogen) atoms. The Labute approximate surface area is 130 Å². The number of carbonyl (C=O) groups excluding carboxylic acids is 1. The molecule has 0 amide bonds. The lowest BCUT2D eigenvalue weighted by Gasteiger charge is -2.03. The van der Waals surface area contributed by atoms with Gasteiger partial charge >= 0.3 is 5.97 Å². The minimum absolute atomic E-state index is 0.120. The van der Waals surface area contributed by atoms with Gasteiger partial charge in [-0.15, -0.1) is 11.3 Å². The third kappa shape index (κ3) is 3.39. The molecule has 0 bridgehead atoms. The van der Waals surface area contributed by atoms with Crippen LogP contribution in [-0.4, -0.2) is 11.7 Å². The van der Waals surface area contributed by atoms with Crippen LogP contribution >= 0.6 is 34.5 Å². The van der Waals surface area contributed by atoms with E-state index in [-0.39, 0.29) is 15.6 Å². The van der Waals surface area contributed by atoms with Crippen LogP contribution in [0.15, 0.2) is 35.5 Å². The molecule has 0 aliphatic rings. The molecular weight excluding hydrogens is 317 g/mol. The number of hydrogen-bond donors (Lipinski definition) is 0. The molecule has 0 fully saturated rings. The van der Waals surface area contributed by atoms with E-state index in [1.54, 1.807) is 36.5 Å². The van der Waals surface area contributed by atoms with Crippen LogP contribution in [0.1, 0.15) is 27.0 Å². The molecule has 0 aliphatic heterocycles. The first kappa shape index (κ1) is 15.0. The lowest BCUT2D eigenvalue weighted by atomic mass is 10.2. The van der Waals surface area contributed by atoms with Crippen molar-refractivity contribution in [3.63, 3.8) is 0 Å². The molecule has 0 N–H and O–H groups in total. The average molecular weight is 328 g/mol. The summed E-state index contributed by atoms with van der Waals surface area (Å²) in [4.78, 5) is 18.9. The highest BCUT2D eigenvalue weighted by molar-refractivity contribution is 7.14. The summed E-state index contributed by atoms with van der Waals surface area (Å²) in [6.07, 6.45) is 0. The molecule has 0 aliphatic carbocycles. The van der Waals surface area contributed by atoms with E-state index >= 15 is 0 Å². The number of hydrogen-bond acceptors (Lipinski definition) is 4. The number of benzene rings is 1. The van der Waals surface area contributed by atoms with E-state index in [0.717, 1.165) is 9.75 Å². The number of halogens is 2. The van der Waals surface area contributed by atoms with Gasteiger partial charge in [0.1, 0.15) is 0 Å². The van der Waals surface area contributed by atoms with Gasteiger partial charge in [-0.2, -0.15) is 0 Å². The summed E-state index contributed by atoms with van der Waals surface area (Å²) in [5.74, 6) is -0.673. The molecule has 0 radical (unpaired) electrons. The Bertz CT molecular complexity index is 659. The van der Waals surface area contributed by atoms with E-state index in [1.807, 2.05) is 19.1 Å². The molecule has 0 unspecified atom stereocenters. The van der Waals surface area contributed by atoms with Gasteiger partial charge in [-0.05, 0) is 38.1 Å². The van der Waals surface area contributed by atoms with Crippen LogP contribution in [0.25, 0.3) is 0 Å². The minimum Gasteiger partial charge on any atom is -0.312 e. The standard InChI is InChI=1S/C14H11Cl2NO2S/c1-8-6-7-12(20-8)9(2)17-19-14(18)13-10(15)4-3-5-11(13)16/h3-7H,1-2H3/b17-9-. The normalized spacial score (nSPS) is 11.5. The first-order chi connectivity index (χ1) is 9.49. The van der Waals surface area contributed by atoms with Crippen LogP contribution in [0.5, 0.6) is 0 Å². The molecular formula is C14H11Cl2NO2S. The Morgan fingerprint density at radius 2 is 1.85 bits per heavy atom. The zero-order chi connectivity index (χ0) is 14.7. The molecule has 0 saturated carbocycles. The molecule has 2 rings (SSSR count). The van der Waals surface area contributed by atoms with Crippen LogP contribution in [0.2, 0.25) is 10.0 Å². The summed E-state index contributed by atoms with van der Waals surface area (Å²) < 4.78 is 0. The SMILES string of the molecule is C/C(=N/OC(=O)c1c(Cl)cccc1Cl)c1ccc(C)s1. The number of carbonyl (C=O) groups is 1. The highest BCUT2D eigenvalue weighted by Gasteiger charge is 2.16. The summed E-state index contributed by atoms with van der Waals surface area (Å²) >= 11 is 13.4. The number of nitrogens with zero attached hydrogens (tertiary/aromatic N) is 1. The second-order valence-corrected chi connectivity index (χ2v) is 6.16. The van der Waals surface area contributed by atoms with Crippen LogP contribution in [0.3, 0.4) is 0 Å². The topological polar surface area (TPSA) is 38.7 Å². The average Bonchev–Trinajstić information content (AvgIpc) is 2.82. The Hall–Kier alpha value is -1.36.